The summed E-state index contributed by atoms with van der Waals surface area (Å²) in [6.45, 7) is 6.14. The Kier molecular flexibility index (Phi) is 8.50. The molecule has 0 heterocycles. The first-order valence-electron chi connectivity index (χ1n) is 7.93. The lowest BCUT2D eigenvalue weighted by atomic mass is 10.1. The van der Waals surface area contributed by atoms with Gasteiger partial charge in [-0.25, -0.2) is 4.79 Å². The molecule has 0 aliphatic heterocycles. The third-order valence-corrected chi connectivity index (χ3v) is 3.35. The lowest BCUT2D eigenvalue weighted by Crippen LogP contribution is -2.25. The molecule has 0 bridgehead atoms. The number of hydrogen-bond acceptors (Lipinski definition) is 4. The van der Waals surface area contributed by atoms with E-state index in [0.29, 0.717) is 25.1 Å². The number of nitrogens with one attached hydrogen (secondary N) is 1. The van der Waals surface area contributed by atoms with Crippen molar-refractivity contribution in [3.05, 3.63) is 42.0 Å². The molecule has 1 amide bonds. The molecular formula is C18H26N2O3. The van der Waals surface area contributed by atoms with Crippen LogP contribution in [0.15, 0.2) is 36.4 Å². The van der Waals surface area contributed by atoms with E-state index >= 15 is 0 Å². The van der Waals surface area contributed by atoms with Crippen LogP contribution in [-0.4, -0.2) is 25.0 Å². The second-order valence-electron chi connectivity index (χ2n) is 5.57. The molecule has 0 saturated heterocycles. The average molecular weight is 318 g/mol. The fraction of sp³-hybridized carbons (Fsp3) is 0.444. The third-order valence-electron chi connectivity index (χ3n) is 3.35. The van der Waals surface area contributed by atoms with E-state index in [1.807, 2.05) is 24.3 Å². The van der Waals surface area contributed by atoms with Crippen molar-refractivity contribution in [2.45, 2.75) is 39.0 Å². The Morgan fingerprint density at radius 2 is 1.87 bits per heavy atom. The number of benzene rings is 1. The van der Waals surface area contributed by atoms with Crippen LogP contribution >= 0.6 is 0 Å². The van der Waals surface area contributed by atoms with Crippen LogP contribution < -0.4 is 11.1 Å². The maximum absolute atomic E-state index is 11.7. The summed E-state index contributed by atoms with van der Waals surface area (Å²) >= 11 is 0. The van der Waals surface area contributed by atoms with Gasteiger partial charge in [-0.2, -0.15) is 0 Å². The first-order valence-corrected chi connectivity index (χ1v) is 7.93. The second-order valence-corrected chi connectivity index (χ2v) is 5.57. The van der Waals surface area contributed by atoms with Gasteiger partial charge >= 0.3 is 5.97 Å². The number of carbonyl (C=O) groups is 2. The minimum Gasteiger partial charge on any atom is -0.462 e. The van der Waals surface area contributed by atoms with Crippen LogP contribution in [0.4, 0.5) is 5.69 Å². The van der Waals surface area contributed by atoms with Crippen molar-refractivity contribution in [1.29, 1.82) is 0 Å². The predicted molar refractivity (Wildman–Crippen MR) is 91.8 cm³/mol. The van der Waals surface area contributed by atoms with Gasteiger partial charge in [0.2, 0.25) is 5.91 Å². The van der Waals surface area contributed by atoms with Crippen molar-refractivity contribution in [2.75, 3.05) is 18.9 Å². The molecule has 0 fully saturated rings. The zero-order valence-corrected chi connectivity index (χ0v) is 13.8. The van der Waals surface area contributed by atoms with Gasteiger partial charge in [-0.15, -0.1) is 0 Å². The fourth-order valence-electron chi connectivity index (χ4n) is 1.97. The zero-order valence-electron chi connectivity index (χ0n) is 13.8. The molecule has 3 N–H and O–H groups in total. The SMILES string of the molecule is C=C(C)C(=O)OCCCCCC(=O)NCCc1ccc(N)cc1. The van der Waals surface area contributed by atoms with Crippen LogP contribution in [-0.2, 0) is 20.7 Å². The number of nitrogen functional groups attached to an aromatic ring is 1. The van der Waals surface area contributed by atoms with Crippen molar-refractivity contribution in [3.63, 3.8) is 0 Å². The first kappa shape index (κ1) is 18.7. The van der Waals surface area contributed by atoms with Crippen LogP contribution in [0.25, 0.3) is 0 Å². The van der Waals surface area contributed by atoms with E-state index in [1.54, 1.807) is 6.92 Å². The van der Waals surface area contributed by atoms with Crippen molar-refractivity contribution < 1.29 is 14.3 Å². The molecular weight excluding hydrogens is 292 g/mol. The number of nitrogens with two attached hydrogens (primary N) is 1. The Hall–Kier alpha value is -2.30. The number of ether oxygens (including phenoxy) is 1. The molecule has 23 heavy (non-hydrogen) atoms. The number of unbranched alkanes of at least 4 members (excludes halogenated alkanes) is 2. The predicted octanol–water partition coefficient (Wildman–Crippen LogP) is 2.61. The van der Waals surface area contributed by atoms with Crippen LogP contribution in [0, 0.1) is 0 Å². The van der Waals surface area contributed by atoms with Gasteiger partial charge in [0.25, 0.3) is 0 Å². The number of rotatable bonds is 10. The number of hydrogen-bond donors (Lipinski definition) is 2. The fourth-order valence-corrected chi connectivity index (χ4v) is 1.97. The highest BCUT2D eigenvalue weighted by Crippen LogP contribution is 2.06. The summed E-state index contributed by atoms with van der Waals surface area (Å²) in [4.78, 5) is 22.8. The third kappa shape index (κ3) is 8.66. The first-order chi connectivity index (χ1) is 11.0. The van der Waals surface area contributed by atoms with Crippen LogP contribution in [0.1, 0.15) is 38.2 Å². The lowest BCUT2D eigenvalue weighted by Gasteiger charge is -2.06. The Morgan fingerprint density at radius 3 is 2.52 bits per heavy atom. The van der Waals surface area contributed by atoms with Gasteiger partial charge in [0, 0.05) is 24.2 Å². The van der Waals surface area contributed by atoms with E-state index in [9.17, 15) is 9.59 Å². The highest BCUT2D eigenvalue weighted by Gasteiger charge is 2.03. The molecule has 0 unspecified atom stereocenters. The smallest absolute Gasteiger partial charge is 0.333 e. The quantitative estimate of drug-likeness (QED) is 0.301. The van der Waals surface area contributed by atoms with Gasteiger partial charge < -0.3 is 15.8 Å². The molecule has 1 aromatic carbocycles. The number of amides is 1. The number of carbonyl (C=O) groups excluding carboxylic acids is 2. The van der Waals surface area contributed by atoms with Crippen LogP contribution in [0.2, 0.25) is 0 Å². The summed E-state index contributed by atoms with van der Waals surface area (Å²) in [6.07, 6.45) is 3.70. The molecule has 0 aliphatic carbocycles. The minimum absolute atomic E-state index is 0.0550. The molecule has 0 saturated carbocycles. The van der Waals surface area contributed by atoms with E-state index in [2.05, 4.69) is 11.9 Å². The number of esters is 1. The molecule has 1 rings (SSSR count). The second kappa shape index (κ2) is 10.4. The zero-order chi connectivity index (χ0) is 17.1. The van der Waals surface area contributed by atoms with Gasteiger partial charge in [0.15, 0.2) is 0 Å². The Morgan fingerprint density at radius 1 is 1.17 bits per heavy atom. The summed E-state index contributed by atoms with van der Waals surface area (Å²) < 4.78 is 4.98. The topological polar surface area (TPSA) is 81.4 Å². The van der Waals surface area contributed by atoms with Crippen molar-refractivity contribution in [1.82, 2.24) is 5.32 Å². The van der Waals surface area contributed by atoms with E-state index in [4.69, 9.17) is 10.5 Å². The molecule has 0 aliphatic rings. The molecule has 0 spiro atoms. The monoisotopic (exact) mass is 318 g/mol. The summed E-state index contributed by atoms with van der Waals surface area (Å²) in [6, 6.07) is 7.65. The Balaban J connectivity index is 2.01. The maximum atomic E-state index is 11.7. The minimum atomic E-state index is -0.356. The Bertz CT molecular complexity index is 524. The molecule has 0 atom stereocenters. The highest BCUT2D eigenvalue weighted by atomic mass is 16.5. The molecule has 126 valence electrons. The van der Waals surface area contributed by atoms with Gasteiger partial charge in [0.05, 0.1) is 6.61 Å². The van der Waals surface area contributed by atoms with Crippen molar-refractivity contribution >= 4 is 17.6 Å². The summed E-state index contributed by atoms with van der Waals surface area (Å²) in [7, 11) is 0. The Labute approximate surface area is 137 Å². The van der Waals surface area contributed by atoms with E-state index < -0.39 is 0 Å². The summed E-state index contributed by atoms with van der Waals surface area (Å²) in [5.74, 6) is -0.301. The molecule has 1 aromatic rings. The van der Waals surface area contributed by atoms with Gasteiger partial charge in [-0.05, 0) is 50.3 Å². The standard InChI is InChI=1S/C18H26N2O3/c1-14(2)18(22)23-13-5-3-4-6-17(21)20-12-11-15-7-9-16(19)10-8-15/h7-10H,1,3-6,11-13,19H2,2H3,(H,20,21). The van der Waals surface area contributed by atoms with Gasteiger partial charge in [0.1, 0.15) is 0 Å². The largest absolute Gasteiger partial charge is 0.462 e. The van der Waals surface area contributed by atoms with Gasteiger partial charge in [-0.3, -0.25) is 4.79 Å². The molecule has 5 heteroatoms. The highest BCUT2D eigenvalue weighted by molar-refractivity contribution is 5.86. The van der Waals surface area contributed by atoms with Crippen LogP contribution in [0.3, 0.4) is 0 Å². The average Bonchev–Trinajstić information content (AvgIpc) is 2.52. The molecule has 5 nitrogen and oxygen atoms in total. The normalized spacial score (nSPS) is 10.1. The van der Waals surface area contributed by atoms with Crippen LogP contribution in [0.5, 0.6) is 0 Å². The van der Waals surface area contributed by atoms with Crippen molar-refractivity contribution in [3.8, 4) is 0 Å². The summed E-state index contributed by atoms with van der Waals surface area (Å²) in [5, 5.41) is 2.90. The summed E-state index contributed by atoms with van der Waals surface area (Å²) in [5.41, 5.74) is 7.92. The maximum Gasteiger partial charge on any atom is 0.333 e. The number of anilines is 1. The van der Waals surface area contributed by atoms with E-state index in [1.165, 1.54) is 0 Å². The molecule has 0 radical (unpaired) electrons. The van der Waals surface area contributed by atoms with Gasteiger partial charge in [-0.1, -0.05) is 18.7 Å². The van der Waals surface area contributed by atoms with E-state index in [0.717, 1.165) is 36.9 Å². The lowest BCUT2D eigenvalue weighted by molar-refractivity contribution is -0.139. The molecule has 0 aromatic heterocycles. The van der Waals surface area contributed by atoms with E-state index in [-0.39, 0.29) is 11.9 Å². The van der Waals surface area contributed by atoms with Crippen molar-refractivity contribution in [2.24, 2.45) is 0 Å².